The Labute approximate surface area is 133 Å². The molecule has 2 atom stereocenters. The number of unbranched alkanes of at least 4 members (excludes halogenated alkanes) is 1. The molecule has 0 saturated heterocycles. The zero-order chi connectivity index (χ0) is 15.2. The fraction of sp³-hybridized carbons (Fsp3) is 1.00. The van der Waals surface area contributed by atoms with Crippen LogP contribution in [0.25, 0.3) is 0 Å². The molecule has 0 aliphatic heterocycles. The van der Waals surface area contributed by atoms with Crippen LogP contribution in [0.15, 0.2) is 0 Å². The molecule has 0 aromatic carbocycles. The highest BCUT2D eigenvalue weighted by molar-refractivity contribution is 4.78. The zero-order valence-corrected chi connectivity index (χ0v) is 14.7. The van der Waals surface area contributed by atoms with E-state index >= 15 is 0 Å². The van der Waals surface area contributed by atoms with E-state index in [2.05, 4.69) is 19.2 Å². The lowest BCUT2D eigenvalue weighted by molar-refractivity contribution is 0.0147. The third kappa shape index (κ3) is 9.52. The van der Waals surface area contributed by atoms with Gasteiger partial charge >= 0.3 is 0 Å². The van der Waals surface area contributed by atoms with E-state index in [0.717, 1.165) is 13.2 Å². The van der Waals surface area contributed by atoms with Gasteiger partial charge in [-0.05, 0) is 32.2 Å². The number of nitrogens with one attached hydrogen (secondary N) is 1. The molecule has 2 heteroatoms. The van der Waals surface area contributed by atoms with Gasteiger partial charge < -0.3 is 10.1 Å². The summed E-state index contributed by atoms with van der Waals surface area (Å²) in [5, 5.41) is 3.78. The van der Waals surface area contributed by atoms with Gasteiger partial charge in [-0.15, -0.1) is 0 Å². The zero-order valence-electron chi connectivity index (χ0n) is 14.7. The van der Waals surface area contributed by atoms with Crippen LogP contribution in [0.2, 0.25) is 0 Å². The average molecular weight is 298 g/mol. The van der Waals surface area contributed by atoms with Gasteiger partial charge in [0.15, 0.2) is 0 Å². The summed E-state index contributed by atoms with van der Waals surface area (Å²) < 4.78 is 6.27. The first-order chi connectivity index (χ1) is 10.4. The largest absolute Gasteiger partial charge is 0.377 e. The van der Waals surface area contributed by atoms with Crippen LogP contribution >= 0.6 is 0 Å². The molecule has 1 N–H and O–H groups in total. The van der Waals surface area contributed by atoms with Crippen LogP contribution in [0, 0.1) is 0 Å². The Morgan fingerprint density at radius 2 is 1.43 bits per heavy atom. The van der Waals surface area contributed by atoms with Crippen LogP contribution in [0.1, 0.15) is 97.3 Å². The topological polar surface area (TPSA) is 21.3 Å². The van der Waals surface area contributed by atoms with Gasteiger partial charge in [-0.3, -0.25) is 0 Å². The molecule has 126 valence electrons. The fourth-order valence-electron chi connectivity index (χ4n) is 3.30. The highest BCUT2D eigenvalue weighted by atomic mass is 16.5. The maximum Gasteiger partial charge on any atom is 0.0728 e. The Morgan fingerprint density at radius 1 is 0.810 bits per heavy atom. The lowest BCUT2D eigenvalue weighted by Gasteiger charge is -2.29. The van der Waals surface area contributed by atoms with Gasteiger partial charge in [-0.1, -0.05) is 71.6 Å². The molecule has 0 spiro atoms. The second kappa shape index (κ2) is 13.6. The van der Waals surface area contributed by atoms with E-state index in [-0.39, 0.29) is 0 Å². The van der Waals surface area contributed by atoms with Crippen molar-refractivity contribution in [1.29, 1.82) is 0 Å². The molecule has 1 saturated carbocycles. The van der Waals surface area contributed by atoms with E-state index < -0.39 is 0 Å². The molecule has 1 fully saturated rings. The SMILES string of the molecule is CCCCOC1CCCCCCCCCCC1NCCC. The number of hydrogen-bond donors (Lipinski definition) is 1. The molecule has 2 unspecified atom stereocenters. The van der Waals surface area contributed by atoms with E-state index in [0.29, 0.717) is 12.1 Å². The minimum absolute atomic E-state index is 0.447. The molecule has 2 nitrogen and oxygen atoms in total. The van der Waals surface area contributed by atoms with E-state index in [9.17, 15) is 0 Å². The smallest absolute Gasteiger partial charge is 0.0728 e. The Morgan fingerprint density at radius 3 is 2.05 bits per heavy atom. The fourth-order valence-corrected chi connectivity index (χ4v) is 3.30. The maximum absolute atomic E-state index is 6.27. The Hall–Kier alpha value is -0.0800. The van der Waals surface area contributed by atoms with Crippen molar-refractivity contribution in [3.63, 3.8) is 0 Å². The van der Waals surface area contributed by atoms with Gasteiger partial charge in [0.2, 0.25) is 0 Å². The van der Waals surface area contributed by atoms with Crippen LogP contribution < -0.4 is 5.32 Å². The summed E-state index contributed by atoms with van der Waals surface area (Å²) in [5.41, 5.74) is 0. The van der Waals surface area contributed by atoms with Gasteiger partial charge in [0, 0.05) is 12.6 Å². The Kier molecular flexibility index (Phi) is 12.3. The van der Waals surface area contributed by atoms with Gasteiger partial charge in [0.1, 0.15) is 0 Å². The van der Waals surface area contributed by atoms with Crippen LogP contribution in [-0.4, -0.2) is 25.3 Å². The standard InChI is InChI=1S/C19H39NO/c1-3-5-17-21-19-15-13-11-9-7-6-8-10-12-14-18(19)20-16-4-2/h18-20H,3-17H2,1-2H3. The van der Waals surface area contributed by atoms with Crippen molar-refractivity contribution in [2.24, 2.45) is 0 Å². The third-order valence-corrected chi connectivity index (χ3v) is 4.69. The molecule has 0 aromatic heterocycles. The summed E-state index contributed by atoms with van der Waals surface area (Å²) in [6.07, 6.45) is 17.9. The van der Waals surface area contributed by atoms with Crippen molar-refractivity contribution in [3.8, 4) is 0 Å². The van der Waals surface area contributed by atoms with Crippen molar-refractivity contribution < 1.29 is 4.74 Å². The molecule has 0 radical (unpaired) electrons. The van der Waals surface area contributed by atoms with E-state index in [1.807, 2.05) is 0 Å². The predicted octanol–water partition coefficient (Wildman–Crippen LogP) is 5.45. The van der Waals surface area contributed by atoms with Crippen LogP contribution in [0.5, 0.6) is 0 Å². The molecule has 1 rings (SSSR count). The van der Waals surface area contributed by atoms with E-state index in [1.54, 1.807) is 0 Å². The number of hydrogen-bond acceptors (Lipinski definition) is 2. The summed E-state index contributed by atoms with van der Waals surface area (Å²) in [6.45, 7) is 6.59. The van der Waals surface area contributed by atoms with E-state index in [1.165, 1.54) is 83.5 Å². The molecule has 0 heterocycles. The molecule has 1 aliphatic carbocycles. The summed E-state index contributed by atoms with van der Waals surface area (Å²) >= 11 is 0. The average Bonchev–Trinajstić information content (AvgIpc) is 2.49. The first-order valence-electron chi connectivity index (χ1n) is 9.73. The highest BCUT2D eigenvalue weighted by Gasteiger charge is 2.21. The predicted molar refractivity (Wildman–Crippen MR) is 92.9 cm³/mol. The molecular formula is C19H39NO. The van der Waals surface area contributed by atoms with Gasteiger partial charge in [0.05, 0.1) is 6.10 Å². The second-order valence-corrected chi connectivity index (χ2v) is 6.73. The summed E-state index contributed by atoms with van der Waals surface area (Å²) in [5.74, 6) is 0. The third-order valence-electron chi connectivity index (χ3n) is 4.69. The van der Waals surface area contributed by atoms with Gasteiger partial charge in [-0.25, -0.2) is 0 Å². The normalized spacial score (nSPS) is 26.0. The number of ether oxygens (including phenoxy) is 1. The maximum atomic E-state index is 6.27. The molecule has 0 bridgehead atoms. The van der Waals surface area contributed by atoms with E-state index in [4.69, 9.17) is 4.74 Å². The van der Waals surface area contributed by atoms with Crippen molar-refractivity contribution in [2.75, 3.05) is 13.2 Å². The number of rotatable bonds is 7. The summed E-state index contributed by atoms with van der Waals surface area (Å²) in [6, 6.07) is 0.584. The van der Waals surface area contributed by atoms with Crippen LogP contribution in [-0.2, 0) is 4.74 Å². The summed E-state index contributed by atoms with van der Waals surface area (Å²) in [7, 11) is 0. The Bertz CT molecular complexity index is 220. The molecule has 0 amide bonds. The highest BCUT2D eigenvalue weighted by Crippen LogP contribution is 2.20. The van der Waals surface area contributed by atoms with Crippen molar-refractivity contribution in [2.45, 2.75) is 109 Å². The minimum Gasteiger partial charge on any atom is -0.377 e. The second-order valence-electron chi connectivity index (χ2n) is 6.73. The van der Waals surface area contributed by atoms with Crippen LogP contribution in [0.3, 0.4) is 0 Å². The molecular weight excluding hydrogens is 258 g/mol. The summed E-state index contributed by atoms with van der Waals surface area (Å²) in [4.78, 5) is 0. The lowest BCUT2D eigenvalue weighted by atomic mass is 9.95. The minimum atomic E-state index is 0.447. The monoisotopic (exact) mass is 297 g/mol. The first kappa shape index (κ1) is 19.0. The lowest BCUT2D eigenvalue weighted by Crippen LogP contribution is -2.42. The van der Waals surface area contributed by atoms with Crippen molar-refractivity contribution in [1.82, 2.24) is 5.32 Å². The quantitative estimate of drug-likeness (QED) is 0.630. The van der Waals surface area contributed by atoms with Crippen molar-refractivity contribution >= 4 is 0 Å². The Balaban J connectivity index is 2.49. The molecule has 21 heavy (non-hydrogen) atoms. The van der Waals surface area contributed by atoms with Gasteiger partial charge in [-0.2, -0.15) is 0 Å². The first-order valence-corrected chi connectivity index (χ1v) is 9.73. The van der Waals surface area contributed by atoms with Crippen molar-refractivity contribution in [3.05, 3.63) is 0 Å². The van der Waals surface area contributed by atoms with Gasteiger partial charge in [0.25, 0.3) is 0 Å². The van der Waals surface area contributed by atoms with Crippen LogP contribution in [0.4, 0.5) is 0 Å². The molecule has 1 aliphatic rings. The molecule has 0 aromatic rings.